The lowest BCUT2D eigenvalue weighted by atomic mass is 10.2. The highest BCUT2D eigenvalue weighted by atomic mass is 32.1. The zero-order valence-electron chi connectivity index (χ0n) is 15.1. The summed E-state index contributed by atoms with van der Waals surface area (Å²) in [5, 5.41) is 14.4. The van der Waals surface area contributed by atoms with Crippen LogP contribution in [0.1, 0.15) is 20.9 Å². The Morgan fingerprint density at radius 2 is 1.89 bits per heavy atom. The van der Waals surface area contributed by atoms with Crippen LogP contribution in [0.2, 0.25) is 0 Å². The molecule has 0 aliphatic rings. The molecule has 0 atom stereocenters. The predicted molar refractivity (Wildman–Crippen MR) is 107 cm³/mol. The molecule has 138 valence electrons. The Balaban J connectivity index is 1.85. The number of hydrogen-bond donors (Lipinski definition) is 1. The first-order valence-corrected chi connectivity index (χ1v) is 9.01. The molecule has 0 unspecified atom stereocenters. The minimum absolute atomic E-state index is 0.0681. The highest BCUT2D eigenvalue weighted by molar-refractivity contribution is 7.17. The van der Waals surface area contributed by atoms with Crippen LogP contribution in [0.3, 0.4) is 0 Å². The summed E-state index contributed by atoms with van der Waals surface area (Å²) < 4.78 is 0. The minimum Gasteiger partial charge on any atom is -0.321 e. The number of aromatic nitrogens is 1. The maximum absolute atomic E-state index is 12.7. The van der Waals surface area contributed by atoms with Crippen LogP contribution in [0, 0.1) is 24.0 Å². The Bertz CT molecular complexity index is 1000. The summed E-state index contributed by atoms with van der Waals surface area (Å²) in [5.74, 6) is -0.332. The molecule has 0 aliphatic heterocycles. The molecule has 0 fully saturated rings. The Labute approximate surface area is 160 Å². The SMILES string of the molecule is Cc1ccc([N+](=O)[O-])cc1NC(=O)c1sc(N(C)c2ccccc2)nc1C. The van der Waals surface area contributed by atoms with E-state index in [1.165, 1.54) is 23.5 Å². The monoisotopic (exact) mass is 382 g/mol. The number of amides is 1. The van der Waals surface area contributed by atoms with Crippen molar-refractivity contribution in [1.82, 2.24) is 4.98 Å². The van der Waals surface area contributed by atoms with Crippen molar-refractivity contribution in [2.24, 2.45) is 0 Å². The number of carbonyl (C=O) groups excluding carboxylic acids is 1. The van der Waals surface area contributed by atoms with Crippen molar-refractivity contribution in [3.8, 4) is 0 Å². The zero-order chi connectivity index (χ0) is 19.6. The molecule has 1 heterocycles. The fourth-order valence-electron chi connectivity index (χ4n) is 2.54. The Hall–Kier alpha value is -3.26. The molecule has 1 N–H and O–H groups in total. The van der Waals surface area contributed by atoms with Crippen molar-refractivity contribution in [1.29, 1.82) is 0 Å². The van der Waals surface area contributed by atoms with E-state index in [1.807, 2.05) is 42.3 Å². The van der Waals surface area contributed by atoms with Gasteiger partial charge in [-0.15, -0.1) is 0 Å². The number of benzene rings is 2. The largest absolute Gasteiger partial charge is 0.321 e. The summed E-state index contributed by atoms with van der Waals surface area (Å²) >= 11 is 1.28. The zero-order valence-corrected chi connectivity index (χ0v) is 15.9. The number of anilines is 3. The van der Waals surface area contributed by atoms with E-state index in [-0.39, 0.29) is 11.6 Å². The van der Waals surface area contributed by atoms with Crippen LogP contribution in [-0.2, 0) is 0 Å². The van der Waals surface area contributed by atoms with E-state index in [0.717, 1.165) is 11.3 Å². The highest BCUT2D eigenvalue weighted by Gasteiger charge is 2.19. The summed E-state index contributed by atoms with van der Waals surface area (Å²) in [6.45, 7) is 3.56. The Morgan fingerprint density at radius 3 is 2.56 bits per heavy atom. The first-order valence-electron chi connectivity index (χ1n) is 8.19. The standard InChI is InChI=1S/C19H18N4O3S/c1-12-9-10-15(23(25)26)11-16(12)21-18(24)17-13(2)20-19(27-17)22(3)14-7-5-4-6-8-14/h4-11H,1-3H3,(H,21,24). The number of nitrogens with zero attached hydrogens (tertiary/aromatic N) is 3. The number of nitro benzene ring substituents is 1. The molecule has 27 heavy (non-hydrogen) atoms. The van der Waals surface area contributed by atoms with Gasteiger partial charge in [0, 0.05) is 24.9 Å². The van der Waals surface area contributed by atoms with E-state index in [0.29, 0.717) is 21.4 Å². The lowest BCUT2D eigenvalue weighted by Crippen LogP contribution is -2.12. The first kappa shape index (κ1) is 18.5. The van der Waals surface area contributed by atoms with E-state index in [9.17, 15) is 14.9 Å². The number of para-hydroxylation sites is 1. The molecule has 0 aliphatic carbocycles. The van der Waals surface area contributed by atoms with Gasteiger partial charge in [-0.1, -0.05) is 35.6 Å². The van der Waals surface area contributed by atoms with Gasteiger partial charge in [0.15, 0.2) is 5.13 Å². The fourth-order valence-corrected chi connectivity index (χ4v) is 3.48. The average molecular weight is 382 g/mol. The van der Waals surface area contributed by atoms with Gasteiger partial charge in [-0.3, -0.25) is 14.9 Å². The number of nitrogens with one attached hydrogen (secondary N) is 1. The van der Waals surface area contributed by atoms with Crippen LogP contribution in [0.5, 0.6) is 0 Å². The minimum atomic E-state index is -0.486. The fraction of sp³-hybridized carbons (Fsp3) is 0.158. The second-order valence-corrected chi connectivity index (χ2v) is 6.99. The van der Waals surface area contributed by atoms with Crippen LogP contribution >= 0.6 is 11.3 Å². The van der Waals surface area contributed by atoms with Crippen LogP contribution in [0.15, 0.2) is 48.5 Å². The third-order valence-electron chi connectivity index (χ3n) is 4.10. The van der Waals surface area contributed by atoms with Crippen molar-refractivity contribution in [3.63, 3.8) is 0 Å². The molecule has 3 aromatic rings. The number of carbonyl (C=O) groups is 1. The van der Waals surface area contributed by atoms with Gasteiger partial charge < -0.3 is 10.2 Å². The van der Waals surface area contributed by atoms with Crippen molar-refractivity contribution < 1.29 is 9.72 Å². The number of thiazole rings is 1. The van der Waals surface area contributed by atoms with Gasteiger partial charge in [0.2, 0.25) is 0 Å². The van der Waals surface area contributed by atoms with Gasteiger partial charge in [0.05, 0.1) is 16.3 Å². The number of non-ortho nitro benzene ring substituents is 1. The van der Waals surface area contributed by atoms with Crippen molar-refractivity contribution in [2.45, 2.75) is 13.8 Å². The molecule has 0 saturated carbocycles. The summed E-state index contributed by atoms with van der Waals surface area (Å²) in [4.78, 5) is 30.1. The van der Waals surface area contributed by atoms with E-state index in [2.05, 4.69) is 10.3 Å². The van der Waals surface area contributed by atoms with E-state index in [1.54, 1.807) is 19.9 Å². The topological polar surface area (TPSA) is 88.4 Å². The van der Waals surface area contributed by atoms with Gasteiger partial charge >= 0.3 is 0 Å². The Kier molecular flexibility index (Phi) is 5.18. The smallest absolute Gasteiger partial charge is 0.271 e. The van der Waals surface area contributed by atoms with E-state index < -0.39 is 4.92 Å². The Morgan fingerprint density at radius 1 is 1.19 bits per heavy atom. The second kappa shape index (κ2) is 7.55. The van der Waals surface area contributed by atoms with Crippen LogP contribution in [0.25, 0.3) is 0 Å². The molecule has 8 heteroatoms. The van der Waals surface area contributed by atoms with Gasteiger partial charge in [0.1, 0.15) is 4.88 Å². The lowest BCUT2D eigenvalue weighted by molar-refractivity contribution is -0.384. The second-order valence-electron chi connectivity index (χ2n) is 6.02. The maximum atomic E-state index is 12.7. The summed E-state index contributed by atoms with van der Waals surface area (Å²) in [5.41, 5.74) is 2.67. The molecule has 1 amide bonds. The molecule has 0 radical (unpaired) electrons. The maximum Gasteiger partial charge on any atom is 0.271 e. The molecule has 1 aromatic heterocycles. The van der Waals surface area contributed by atoms with Gasteiger partial charge in [-0.2, -0.15) is 0 Å². The third-order valence-corrected chi connectivity index (χ3v) is 5.33. The molecular weight excluding hydrogens is 364 g/mol. The van der Waals surface area contributed by atoms with Crippen LogP contribution in [-0.4, -0.2) is 22.9 Å². The summed E-state index contributed by atoms with van der Waals surface area (Å²) in [6.07, 6.45) is 0. The van der Waals surface area contributed by atoms with Gasteiger partial charge in [-0.25, -0.2) is 4.98 Å². The van der Waals surface area contributed by atoms with E-state index in [4.69, 9.17) is 0 Å². The molecule has 7 nitrogen and oxygen atoms in total. The molecule has 0 bridgehead atoms. The quantitative estimate of drug-likeness (QED) is 0.511. The molecular formula is C19H18N4O3S. The van der Waals surface area contributed by atoms with Crippen LogP contribution in [0.4, 0.5) is 22.2 Å². The molecule has 2 aromatic carbocycles. The number of nitro groups is 1. The summed E-state index contributed by atoms with van der Waals surface area (Å²) in [6, 6.07) is 14.1. The third kappa shape index (κ3) is 3.95. The van der Waals surface area contributed by atoms with Gasteiger partial charge in [-0.05, 0) is 31.5 Å². The number of hydrogen-bond acceptors (Lipinski definition) is 6. The van der Waals surface area contributed by atoms with Crippen LogP contribution < -0.4 is 10.2 Å². The lowest BCUT2D eigenvalue weighted by Gasteiger charge is -2.15. The highest BCUT2D eigenvalue weighted by Crippen LogP contribution is 2.31. The number of rotatable bonds is 5. The van der Waals surface area contributed by atoms with Gasteiger partial charge in [0.25, 0.3) is 11.6 Å². The first-order chi connectivity index (χ1) is 12.9. The molecule has 0 spiro atoms. The molecule has 3 rings (SSSR count). The van der Waals surface area contributed by atoms with Crippen molar-refractivity contribution in [2.75, 3.05) is 17.3 Å². The average Bonchev–Trinajstić information content (AvgIpc) is 3.05. The normalized spacial score (nSPS) is 10.5. The van der Waals surface area contributed by atoms with Crippen molar-refractivity contribution >= 4 is 39.4 Å². The van der Waals surface area contributed by atoms with E-state index >= 15 is 0 Å². The number of aryl methyl sites for hydroxylation is 2. The molecule has 0 saturated heterocycles. The van der Waals surface area contributed by atoms with Crippen molar-refractivity contribution in [3.05, 3.63) is 74.8 Å². The summed E-state index contributed by atoms with van der Waals surface area (Å²) in [7, 11) is 1.89. The predicted octanol–water partition coefficient (Wildman–Crippen LogP) is 4.69.